The molecule has 0 saturated heterocycles. The number of rotatable bonds is 8. The lowest BCUT2D eigenvalue weighted by molar-refractivity contribution is 0.589. The fourth-order valence-corrected chi connectivity index (χ4v) is 1.99. The van der Waals surface area contributed by atoms with Crippen molar-refractivity contribution in [2.24, 2.45) is 0 Å². The summed E-state index contributed by atoms with van der Waals surface area (Å²) in [6, 6.07) is 0. The fourth-order valence-electron chi connectivity index (χ4n) is 1.52. The van der Waals surface area contributed by atoms with Gasteiger partial charge in [0, 0.05) is 26.2 Å². The van der Waals surface area contributed by atoms with Crippen LogP contribution in [0.3, 0.4) is 0 Å². The Labute approximate surface area is 119 Å². The van der Waals surface area contributed by atoms with E-state index in [1.807, 2.05) is 18.7 Å². The summed E-state index contributed by atoms with van der Waals surface area (Å²) in [4.78, 5) is 14.2. The molecular formula is C10H21N7O2S. The van der Waals surface area contributed by atoms with E-state index in [2.05, 4.69) is 25.0 Å². The largest absolute Gasteiger partial charge is 0.368 e. The first-order valence-corrected chi connectivity index (χ1v) is 8.19. The normalized spacial score (nSPS) is 11.3. The number of hydrogen-bond acceptors (Lipinski definition) is 8. The maximum Gasteiger partial charge on any atom is 0.231 e. The van der Waals surface area contributed by atoms with Crippen LogP contribution in [0.1, 0.15) is 13.8 Å². The van der Waals surface area contributed by atoms with Crippen LogP contribution in [0.4, 0.5) is 17.8 Å². The van der Waals surface area contributed by atoms with Gasteiger partial charge in [0.1, 0.15) is 0 Å². The van der Waals surface area contributed by atoms with Crippen molar-refractivity contribution < 1.29 is 8.42 Å². The zero-order chi connectivity index (χ0) is 15.2. The summed E-state index contributed by atoms with van der Waals surface area (Å²) in [5.74, 6) is 0.955. The molecule has 0 atom stereocenters. The number of anilines is 3. The lowest BCUT2D eigenvalue weighted by atomic mass is 10.5. The molecule has 0 aromatic carbocycles. The van der Waals surface area contributed by atoms with Gasteiger partial charge in [0.15, 0.2) is 0 Å². The van der Waals surface area contributed by atoms with E-state index in [4.69, 9.17) is 5.73 Å². The average molecular weight is 303 g/mol. The monoisotopic (exact) mass is 303 g/mol. The van der Waals surface area contributed by atoms with E-state index in [9.17, 15) is 8.42 Å². The third kappa shape index (κ3) is 5.53. The number of nitrogen functional groups attached to an aromatic ring is 1. The molecule has 20 heavy (non-hydrogen) atoms. The second kappa shape index (κ2) is 7.20. The number of hydrogen-bond donors (Lipinski definition) is 3. The SMILES string of the molecule is CCN(CC)c1nc(N)nc(NCCNS(C)(=O)=O)n1. The highest BCUT2D eigenvalue weighted by Crippen LogP contribution is 2.11. The van der Waals surface area contributed by atoms with Crippen molar-refractivity contribution in [3.63, 3.8) is 0 Å². The van der Waals surface area contributed by atoms with Crippen LogP contribution in [0.5, 0.6) is 0 Å². The Morgan fingerprint density at radius 2 is 1.80 bits per heavy atom. The lowest BCUT2D eigenvalue weighted by Crippen LogP contribution is -2.29. The molecule has 0 spiro atoms. The molecule has 1 heterocycles. The molecule has 0 aliphatic carbocycles. The van der Waals surface area contributed by atoms with E-state index < -0.39 is 10.0 Å². The van der Waals surface area contributed by atoms with Crippen molar-refractivity contribution in [1.82, 2.24) is 19.7 Å². The number of nitrogens with two attached hydrogens (primary N) is 1. The molecule has 0 amide bonds. The molecule has 0 saturated carbocycles. The minimum atomic E-state index is -3.19. The molecule has 1 rings (SSSR count). The Kier molecular flexibility index (Phi) is 5.89. The van der Waals surface area contributed by atoms with Crippen molar-refractivity contribution in [3.8, 4) is 0 Å². The van der Waals surface area contributed by atoms with Crippen molar-refractivity contribution in [3.05, 3.63) is 0 Å². The first-order chi connectivity index (χ1) is 9.35. The summed E-state index contributed by atoms with van der Waals surface area (Å²) >= 11 is 0. The third-order valence-electron chi connectivity index (χ3n) is 2.46. The summed E-state index contributed by atoms with van der Waals surface area (Å²) in [6.07, 6.45) is 1.10. The summed E-state index contributed by atoms with van der Waals surface area (Å²) in [7, 11) is -3.19. The molecule has 114 valence electrons. The standard InChI is InChI=1S/C10H21N7O2S/c1-4-17(5-2)10-15-8(11)14-9(16-10)12-6-7-13-20(3,18)19/h13H,4-7H2,1-3H3,(H3,11,12,14,15,16). The quantitative estimate of drug-likeness (QED) is 0.536. The van der Waals surface area contributed by atoms with Gasteiger partial charge in [-0.25, -0.2) is 13.1 Å². The summed E-state index contributed by atoms with van der Waals surface area (Å²) in [5, 5.41) is 2.91. The van der Waals surface area contributed by atoms with Crippen LogP contribution in [0.2, 0.25) is 0 Å². The Hall–Kier alpha value is -1.68. The average Bonchev–Trinajstić information content (AvgIpc) is 2.34. The van der Waals surface area contributed by atoms with Crippen molar-refractivity contribution in [1.29, 1.82) is 0 Å². The van der Waals surface area contributed by atoms with E-state index in [1.165, 1.54) is 0 Å². The smallest absolute Gasteiger partial charge is 0.231 e. The molecule has 0 radical (unpaired) electrons. The molecular weight excluding hydrogens is 282 g/mol. The first-order valence-electron chi connectivity index (χ1n) is 6.30. The van der Waals surface area contributed by atoms with Gasteiger partial charge < -0.3 is 16.0 Å². The van der Waals surface area contributed by atoms with Gasteiger partial charge in [0.25, 0.3) is 0 Å². The minimum absolute atomic E-state index is 0.125. The zero-order valence-electron chi connectivity index (χ0n) is 11.9. The van der Waals surface area contributed by atoms with Crippen molar-refractivity contribution in [2.45, 2.75) is 13.8 Å². The number of nitrogens with one attached hydrogen (secondary N) is 2. The van der Waals surface area contributed by atoms with Crippen LogP contribution in [0, 0.1) is 0 Å². The molecule has 0 fully saturated rings. The Bertz CT molecular complexity index is 530. The van der Waals surface area contributed by atoms with E-state index in [0.29, 0.717) is 18.4 Å². The van der Waals surface area contributed by atoms with E-state index >= 15 is 0 Å². The van der Waals surface area contributed by atoms with Crippen LogP contribution in [-0.4, -0.2) is 55.8 Å². The third-order valence-corrected chi connectivity index (χ3v) is 3.19. The van der Waals surface area contributed by atoms with Crippen molar-refractivity contribution >= 4 is 27.9 Å². The maximum atomic E-state index is 10.9. The van der Waals surface area contributed by atoms with Gasteiger partial charge in [0.05, 0.1) is 6.26 Å². The van der Waals surface area contributed by atoms with Crippen LogP contribution >= 0.6 is 0 Å². The van der Waals surface area contributed by atoms with E-state index in [1.54, 1.807) is 0 Å². The second-order valence-electron chi connectivity index (χ2n) is 4.08. The van der Waals surface area contributed by atoms with Gasteiger partial charge in [-0.05, 0) is 13.8 Å². The molecule has 10 heteroatoms. The fraction of sp³-hybridized carbons (Fsp3) is 0.700. The van der Waals surface area contributed by atoms with Gasteiger partial charge in [-0.15, -0.1) is 0 Å². The Morgan fingerprint density at radius 1 is 1.15 bits per heavy atom. The highest BCUT2D eigenvalue weighted by atomic mass is 32.2. The first kappa shape index (κ1) is 16.4. The summed E-state index contributed by atoms with van der Waals surface area (Å²) in [6.45, 7) is 6.10. The summed E-state index contributed by atoms with van der Waals surface area (Å²) in [5.41, 5.74) is 5.64. The predicted molar refractivity (Wildman–Crippen MR) is 79.1 cm³/mol. The van der Waals surface area contributed by atoms with Crippen molar-refractivity contribution in [2.75, 3.05) is 48.4 Å². The maximum absolute atomic E-state index is 10.9. The van der Waals surface area contributed by atoms with Gasteiger partial charge in [-0.2, -0.15) is 15.0 Å². The molecule has 0 unspecified atom stereocenters. The molecule has 0 bridgehead atoms. The molecule has 4 N–H and O–H groups in total. The lowest BCUT2D eigenvalue weighted by Gasteiger charge is -2.19. The predicted octanol–water partition coefficient (Wildman–Crippen LogP) is -0.739. The number of nitrogens with zero attached hydrogens (tertiary/aromatic N) is 4. The minimum Gasteiger partial charge on any atom is -0.368 e. The Balaban J connectivity index is 2.66. The molecule has 1 aromatic heterocycles. The van der Waals surface area contributed by atoms with Gasteiger partial charge in [-0.1, -0.05) is 0 Å². The molecule has 0 aliphatic heterocycles. The molecule has 0 aliphatic rings. The van der Waals surface area contributed by atoms with Gasteiger partial charge in [0.2, 0.25) is 27.9 Å². The van der Waals surface area contributed by atoms with E-state index in [-0.39, 0.29) is 12.5 Å². The van der Waals surface area contributed by atoms with Crippen LogP contribution < -0.4 is 20.7 Å². The second-order valence-corrected chi connectivity index (χ2v) is 5.92. The van der Waals surface area contributed by atoms with Crippen LogP contribution in [-0.2, 0) is 10.0 Å². The van der Waals surface area contributed by atoms with Crippen LogP contribution in [0.15, 0.2) is 0 Å². The summed E-state index contributed by atoms with van der Waals surface area (Å²) < 4.78 is 24.2. The highest BCUT2D eigenvalue weighted by Gasteiger charge is 2.09. The number of sulfonamides is 1. The molecule has 1 aromatic rings. The molecule has 9 nitrogen and oxygen atoms in total. The van der Waals surface area contributed by atoms with E-state index in [0.717, 1.165) is 19.3 Å². The topological polar surface area (TPSA) is 126 Å². The van der Waals surface area contributed by atoms with Gasteiger partial charge in [-0.3, -0.25) is 0 Å². The zero-order valence-corrected chi connectivity index (χ0v) is 12.7. The highest BCUT2D eigenvalue weighted by molar-refractivity contribution is 7.88. The van der Waals surface area contributed by atoms with Gasteiger partial charge >= 0.3 is 0 Å². The Morgan fingerprint density at radius 3 is 2.35 bits per heavy atom. The van der Waals surface area contributed by atoms with Crippen LogP contribution in [0.25, 0.3) is 0 Å². The number of aromatic nitrogens is 3.